The molecule has 3 heterocycles. The Labute approximate surface area is 227 Å². The molecule has 3 aromatic carbocycles. The van der Waals surface area contributed by atoms with Crippen LogP contribution < -0.4 is 19.5 Å². The number of hydrogen-bond donors (Lipinski definition) is 1. The van der Waals surface area contributed by atoms with E-state index in [-0.39, 0.29) is 18.0 Å². The standard InChI is InChI=1S/C31H32N4O4/c1-19-17-22(13-14-35(19)30(36)24-7-4-5-9-27(24)37-3)33-31-32-20(2)25-18-21(11-12-26(25)34-31)23-8-6-10-28-29(23)39-16-15-38-28/h4-12,18-19,22H,13-17H2,1-3H3,(H,32,33,34)/t19-,22?/m1/s1. The molecule has 200 valence electrons. The lowest BCUT2D eigenvalue weighted by atomic mass is 9.97. The molecular weight excluding hydrogens is 492 g/mol. The average molecular weight is 525 g/mol. The van der Waals surface area contributed by atoms with Crippen LogP contribution >= 0.6 is 0 Å². The Bertz CT molecular complexity index is 1540. The minimum atomic E-state index is 0.00338. The van der Waals surface area contributed by atoms with Gasteiger partial charge in [0, 0.05) is 29.6 Å². The van der Waals surface area contributed by atoms with Gasteiger partial charge in [-0.05, 0) is 62.6 Å². The van der Waals surface area contributed by atoms with Gasteiger partial charge in [-0.2, -0.15) is 0 Å². The first-order chi connectivity index (χ1) is 19.0. The number of hydrogen-bond acceptors (Lipinski definition) is 7. The Kier molecular flexibility index (Phi) is 6.69. The van der Waals surface area contributed by atoms with Gasteiger partial charge in [0.25, 0.3) is 5.91 Å². The van der Waals surface area contributed by atoms with E-state index < -0.39 is 0 Å². The van der Waals surface area contributed by atoms with E-state index in [9.17, 15) is 4.79 Å². The number of nitrogens with zero attached hydrogens (tertiary/aromatic N) is 3. The molecule has 2 aliphatic rings. The third-order valence-corrected chi connectivity index (χ3v) is 7.57. The van der Waals surface area contributed by atoms with Crippen molar-refractivity contribution in [1.29, 1.82) is 0 Å². The largest absolute Gasteiger partial charge is 0.496 e. The number of amides is 1. The number of carbonyl (C=O) groups is 1. The highest BCUT2D eigenvalue weighted by Crippen LogP contribution is 2.40. The molecule has 39 heavy (non-hydrogen) atoms. The van der Waals surface area contributed by atoms with Crippen LogP contribution in [-0.4, -0.2) is 59.7 Å². The fraction of sp³-hybridized carbons (Fsp3) is 0.323. The Hall–Kier alpha value is -4.33. The number of aryl methyl sites for hydroxylation is 1. The maximum absolute atomic E-state index is 13.2. The molecule has 2 atom stereocenters. The number of aromatic nitrogens is 2. The molecule has 0 saturated carbocycles. The van der Waals surface area contributed by atoms with Crippen LogP contribution in [0.1, 0.15) is 35.8 Å². The number of benzene rings is 3. The van der Waals surface area contributed by atoms with Crippen molar-refractivity contribution < 1.29 is 19.0 Å². The molecule has 8 heteroatoms. The number of fused-ring (bicyclic) bond motifs is 2. The predicted molar refractivity (Wildman–Crippen MR) is 151 cm³/mol. The first-order valence-electron chi connectivity index (χ1n) is 13.4. The molecule has 1 N–H and O–H groups in total. The van der Waals surface area contributed by atoms with Crippen LogP contribution in [0.25, 0.3) is 22.0 Å². The third kappa shape index (κ3) is 4.82. The fourth-order valence-corrected chi connectivity index (χ4v) is 5.58. The molecule has 0 aliphatic carbocycles. The summed E-state index contributed by atoms with van der Waals surface area (Å²) in [6, 6.07) is 19.8. The van der Waals surface area contributed by atoms with Crippen LogP contribution in [0.2, 0.25) is 0 Å². The topological polar surface area (TPSA) is 85.8 Å². The zero-order valence-corrected chi connectivity index (χ0v) is 22.4. The van der Waals surface area contributed by atoms with Crippen LogP contribution in [0.3, 0.4) is 0 Å². The lowest BCUT2D eigenvalue weighted by Crippen LogP contribution is -2.48. The minimum Gasteiger partial charge on any atom is -0.496 e. The molecule has 0 spiro atoms. The molecule has 1 aromatic heterocycles. The highest BCUT2D eigenvalue weighted by atomic mass is 16.6. The van der Waals surface area contributed by atoms with Gasteiger partial charge in [0.1, 0.15) is 19.0 Å². The smallest absolute Gasteiger partial charge is 0.257 e. The van der Waals surface area contributed by atoms with Gasteiger partial charge in [0.15, 0.2) is 11.5 Å². The van der Waals surface area contributed by atoms with Crippen molar-refractivity contribution >= 4 is 22.8 Å². The van der Waals surface area contributed by atoms with Crippen molar-refractivity contribution in [3.8, 4) is 28.4 Å². The van der Waals surface area contributed by atoms with E-state index in [1.165, 1.54) is 0 Å². The second-order valence-electron chi connectivity index (χ2n) is 10.1. The molecule has 2 aliphatic heterocycles. The van der Waals surface area contributed by atoms with Crippen LogP contribution in [0.5, 0.6) is 17.2 Å². The Morgan fingerprint density at radius 2 is 1.90 bits per heavy atom. The second-order valence-corrected chi connectivity index (χ2v) is 10.1. The summed E-state index contributed by atoms with van der Waals surface area (Å²) in [5.74, 6) is 2.78. The van der Waals surface area contributed by atoms with Crippen molar-refractivity contribution in [2.24, 2.45) is 0 Å². The molecule has 1 saturated heterocycles. The van der Waals surface area contributed by atoms with Crippen molar-refractivity contribution in [2.45, 2.75) is 38.8 Å². The normalized spacial score (nSPS) is 18.6. The molecule has 6 rings (SSSR count). The van der Waals surface area contributed by atoms with Gasteiger partial charge in [0.05, 0.1) is 23.9 Å². The summed E-state index contributed by atoms with van der Waals surface area (Å²) in [7, 11) is 1.59. The zero-order valence-electron chi connectivity index (χ0n) is 22.4. The fourth-order valence-electron chi connectivity index (χ4n) is 5.58. The molecule has 1 unspecified atom stereocenters. The number of carbonyl (C=O) groups excluding carboxylic acids is 1. The maximum Gasteiger partial charge on any atom is 0.257 e. The van der Waals surface area contributed by atoms with Crippen LogP contribution in [-0.2, 0) is 0 Å². The van der Waals surface area contributed by atoms with Crippen molar-refractivity contribution in [3.63, 3.8) is 0 Å². The molecule has 0 bridgehead atoms. The highest BCUT2D eigenvalue weighted by molar-refractivity contribution is 5.97. The Morgan fingerprint density at radius 1 is 1.05 bits per heavy atom. The molecule has 1 fully saturated rings. The van der Waals surface area contributed by atoms with Crippen molar-refractivity contribution in [2.75, 3.05) is 32.2 Å². The van der Waals surface area contributed by atoms with Gasteiger partial charge in [-0.1, -0.05) is 30.3 Å². The van der Waals surface area contributed by atoms with Gasteiger partial charge < -0.3 is 24.4 Å². The van der Waals surface area contributed by atoms with Crippen LogP contribution in [0.4, 0.5) is 5.95 Å². The second kappa shape index (κ2) is 10.4. The van der Waals surface area contributed by atoms with Gasteiger partial charge in [-0.15, -0.1) is 0 Å². The van der Waals surface area contributed by atoms with E-state index in [1.54, 1.807) is 7.11 Å². The summed E-state index contributed by atoms with van der Waals surface area (Å²) in [6.45, 7) is 5.86. The maximum atomic E-state index is 13.2. The molecule has 0 radical (unpaired) electrons. The molecular formula is C31H32N4O4. The highest BCUT2D eigenvalue weighted by Gasteiger charge is 2.31. The van der Waals surface area contributed by atoms with Gasteiger partial charge in [-0.25, -0.2) is 9.97 Å². The van der Waals surface area contributed by atoms with E-state index in [0.717, 1.165) is 52.1 Å². The summed E-state index contributed by atoms with van der Waals surface area (Å²) in [4.78, 5) is 24.8. The third-order valence-electron chi connectivity index (χ3n) is 7.57. The first kappa shape index (κ1) is 25.0. The number of nitrogens with one attached hydrogen (secondary N) is 1. The summed E-state index contributed by atoms with van der Waals surface area (Å²) in [5, 5.41) is 4.53. The van der Waals surface area contributed by atoms with Crippen LogP contribution in [0.15, 0.2) is 60.7 Å². The van der Waals surface area contributed by atoms with Gasteiger partial charge >= 0.3 is 0 Å². The average Bonchev–Trinajstić information content (AvgIpc) is 2.96. The monoisotopic (exact) mass is 524 g/mol. The summed E-state index contributed by atoms with van der Waals surface area (Å²) >= 11 is 0. The zero-order chi connectivity index (χ0) is 26.9. The minimum absolute atomic E-state index is 0.00338. The Balaban J connectivity index is 1.18. The quantitative estimate of drug-likeness (QED) is 0.369. The van der Waals surface area contributed by atoms with E-state index in [4.69, 9.17) is 24.2 Å². The van der Waals surface area contributed by atoms with E-state index >= 15 is 0 Å². The molecule has 4 aromatic rings. The van der Waals surface area contributed by atoms with Crippen molar-refractivity contribution in [1.82, 2.24) is 14.9 Å². The molecule has 1 amide bonds. The number of likely N-dealkylation sites (tertiary alicyclic amines) is 1. The van der Waals surface area contributed by atoms with Crippen molar-refractivity contribution in [3.05, 3.63) is 71.9 Å². The lowest BCUT2D eigenvalue weighted by Gasteiger charge is -2.38. The first-order valence-corrected chi connectivity index (χ1v) is 13.4. The number of piperidine rings is 1. The number of methoxy groups -OCH3 is 1. The summed E-state index contributed by atoms with van der Waals surface area (Å²) in [6.07, 6.45) is 1.62. The number of para-hydroxylation sites is 2. The van der Waals surface area contributed by atoms with Gasteiger partial charge in [-0.3, -0.25) is 4.79 Å². The predicted octanol–water partition coefficient (Wildman–Crippen LogP) is 5.49. The van der Waals surface area contributed by atoms with E-state index in [2.05, 4.69) is 24.4 Å². The lowest BCUT2D eigenvalue weighted by molar-refractivity contribution is 0.0622. The summed E-state index contributed by atoms with van der Waals surface area (Å²) < 4.78 is 17.1. The number of anilines is 1. The van der Waals surface area contributed by atoms with Gasteiger partial charge in [0.2, 0.25) is 5.95 Å². The van der Waals surface area contributed by atoms with E-state index in [0.29, 0.717) is 37.0 Å². The number of ether oxygens (including phenoxy) is 3. The van der Waals surface area contributed by atoms with Crippen LogP contribution in [0, 0.1) is 6.92 Å². The number of rotatable bonds is 5. The molecule has 8 nitrogen and oxygen atoms in total. The van der Waals surface area contributed by atoms with E-state index in [1.807, 2.05) is 60.4 Å². The Morgan fingerprint density at radius 3 is 2.74 bits per heavy atom. The SMILES string of the molecule is COc1ccccc1C(=O)N1CCC(Nc2nc(C)c3cc(-c4cccc5c4OCCO5)ccc3n2)C[C@H]1C. The summed E-state index contributed by atoms with van der Waals surface area (Å²) in [5.41, 5.74) is 4.43.